The van der Waals surface area contributed by atoms with E-state index >= 15 is 0 Å². The molecule has 192 valence electrons. The predicted octanol–water partition coefficient (Wildman–Crippen LogP) is 4.39. The van der Waals surface area contributed by atoms with Gasteiger partial charge in [-0.1, -0.05) is 18.2 Å². The van der Waals surface area contributed by atoms with Crippen molar-refractivity contribution in [3.63, 3.8) is 0 Å². The molecule has 0 saturated carbocycles. The average molecular weight is 502 g/mol. The summed E-state index contributed by atoms with van der Waals surface area (Å²) in [5, 5.41) is 2.96. The highest BCUT2D eigenvalue weighted by Crippen LogP contribution is 2.33. The highest BCUT2D eigenvalue weighted by atomic mass is 19.1. The lowest BCUT2D eigenvalue weighted by Gasteiger charge is -2.37. The fourth-order valence-corrected chi connectivity index (χ4v) is 5.48. The van der Waals surface area contributed by atoms with Gasteiger partial charge in [0.05, 0.1) is 11.6 Å². The van der Waals surface area contributed by atoms with E-state index in [0.717, 1.165) is 67.2 Å². The van der Waals surface area contributed by atoms with Gasteiger partial charge in [-0.2, -0.15) is 0 Å². The molecule has 1 fully saturated rings. The van der Waals surface area contributed by atoms with Crippen molar-refractivity contribution in [2.24, 2.45) is 0 Å². The highest BCUT2D eigenvalue weighted by Gasteiger charge is 2.30. The summed E-state index contributed by atoms with van der Waals surface area (Å²) in [4.78, 5) is 39.2. The largest absolute Gasteiger partial charge is 0.356 e. The molecular formula is C29H32FN5O2. The first-order chi connectivity index (χ1) is 17.8. The SMILES string of the molecule is Cc1cc(N2CCC(N(C)C(=O)c3ccc4c(c3)C(NC(=O)c3ccccc3F)CC4)CC2)nc(C)n1. The lowest BCUT2D eigenvalue weighted by molar-refractivity contribution is 0.0709. The van der Waals surface area contributed by atoms with E-state index in [1.165, 1.54) is 12.1 Å². The Bertz CT molecular complexity index is 1320. The summed E-state index contributed by atoms with van der Waals surface area (Å²) in [5.41, 5.74) is 3.64. The fourth-order valence-electron chi connectivity index (χ4n) is 5.48. The van der Waals surface area contributed by atoms with Gasteiger partial charge in [0.25, 0.3) is 11.8 Å². The number of fused-ring (bicyclic) bond motifs is 1. The van der Waals surface area contributed by atoms with Gasteiger partial charge in [0.2, 0.25) is 0 Å². The number of amides is 2. The number of aryl methyl sites for hydroxylation is 3. The van der Waals surface area contributed by atoms with Crippen LogP contribution in [0.2, 0.25) is 0 Å². The quantitative estimate of drug-likeness (QED) is 0.561. The normalized spacial score (nSPS) is 17.4. The third kappa shape index (κ3) is 5.19. The third-order valence-corrected chi connectivity index (χ3v) is 7.50. The van der Waals surface area contributed by atoms with Crippen LogP contribution in [0.4, 0.5) is 10.2 Å². The van der Waals surface area contributed by atoms with Gasteiger partial charge < -0.3 is 15.1 Å². The third-order valence-electron chi connectivity index (χ3n) is 7.50. The Kier molecular flexibility index (Phi) is 6.91. The van der Waals surface area contributed by atoms with Crippen LogP contribution in [-0.2, 0) is 6.42 Å². The van der Waals surface area contributed by atoms with Crippen molar-refractivity contribution in [2.45, 2.75) is 51.6 Å². The van der Waals surface area contributed by atoms with Crippen LogP contribution in [-0.4, -0.2) is 52.9 Å². The maximum absolute atomic E-state index is 14.1. The van der Waals surface area contributed by atoms with Crippen LogP contribution in [0.15, 0.2) is 48.5 Å². The minimum absolute atomic E-state index is 0.0268. The molecular weight excluding hydrogens is 469 g/mol. The summed E-state index contributed by atoms with van der Waals surface area (Å²) >= 11 is 0. The molecule has 2 heterocycles. The predicted molar refractivity (Wildman–Crippen MR) is 140 cm³/mol. The van der Waals surface area contributed by atoms with Gasteiger partial charge in [-0.15, -0.1) is 0 Å². The second-order valence-corrected chi connectivity index (χ2v) is 10.0. The zero-order valence-corrected chi connectivity index (χ0v) is 21.5. The molecule has 0 bridgehead atoms. The topological polar surface area (TPSA) is 78.4 Å². The average Bonchev–Trinajstić information content (AvgIpc) is 3.29. The molecule has 5 rings (SSSR count). The Balaban J connectivity index is 1.25. The van der Waals surface area contributed by atoms with E-state index in [1.807, 2.05) is 50.1 Å². The Labute approximate surface area is 216 Å². The van der Waals surface area contributed by atoms with E-state index < -0.39 is 11.7 Å². The van der Waals surface area contributed by atoms with Crippen LogP contribution in [0.25, 0.3) is 0 Å². The first-order valence-corrected chi connectivity index (χ1v) is 12.8. The molecule has 0 spiro atoms. The van der Waals surface area contributed by atoms with Crippen molar-refractivity contribution in [2.75, 3.05) is 25.0 Å². The van der Waals surface area contributed by atoms with Gasteiger partial charge in [-0.05, 0) is 74.9 Å². The molecule has 1 unspecified atom stereocenters. The molecule has 1 aromatic heterocycles. The summed E-state index contributed by atoms with van der Waals surface area (Å²) in [7, 11) is 1.87. The monoisotopic (exact) mass is 501 g/mol. The van der Waals surface area contributed by atoms with Crippen LogP contribution in [0, 0.1) is 19.7 Å². The van der Waals surface area contributed by atoms with E-state index in [0.29, 0.717) is 5.56 Å². The Morgan fingerprint density at radius 3 is 2.51 bits per heavy atom. The second-order valence-electron chi connectivity index (χ2n) is 10.0. The molecule has 1 aliphatic heterocycles. The van der Waals surface area contributed by atoms with Gasteiger partial charge in [-0.25, -0.2) is 14.4 Å². The molecule has 2 aliphatic rings. The van der Waals surface area contributed by atoms with Crippen LogP contribution in [0.5, 0.6) is 0 Å². The molecule has 7 nitrogen and oxygen atoms in total. The Morgan fingerprint density at radius 2 is 1.78 bits per heavy atom. The summed E-state index contributed by atoms with van der Waals surface area (Å²) in [6.45, 7) is 5.53. The minimum atomic E-state index is -0.542. The summed E-state index contributed by atoms with van der Waals surface area (Å²) in [6, 6.07) is 13.6. The van der Waals surface area contributed by atoms with E-state index in [-0.39, 0.29) is 23.6 Å². The smallest absolute Gasteiger partial charge is 0.254 e. The Hall–Kier alpha value is -3.81. The number of halogens is 1. The van der Waals surface area contributed by atoms with Crippen LogP contribution >= 0.6 is 0 Å². The number of piperidine rings is 1. The maximum atomic E-state index is 14.1. The number of rotatable bonds is 5. The lowest BCUT2D eigenvalue weighted by atomic mass is 10.00. The molecule has 1 N–H and O–H groups in total. The molecule has 37 heavy (non-hydrogen) atoms. The van der Waals surface area contributed by atoms with Gasteiger partial charge in [-0.3, -0.25) is 9.59 Å². The second kappa shape index (κ2) is 10.3. The van der Waals surface area contributed by atoms with Gasteiger partial charge in [0.1, 0.15) is 17.5 Å². The summed E-state index contributed by atoms with van der Waals surface area (Å²) in [5.74, 6) is 0.704. The zero-order valence-electron chi connectivity index (χ0n) is 21.5. The number of benzene rings is 2. The first kappa shape index (κ1) is 24.9. The van der Waals surface area contributed by atoms with E-state index in [9.17, 15) is 14.0 Å². The number of carbonyl (C=O) groups is 2. The molecule has 0 radical (unpaired) electrons. The van der Waals surface area contributed by atoms with E-state index in [1.54, 1.807) is 12.1 Å². The molecule has 1 aliphatic carbocycles. The number of nitrogens with zero attached hydrogens (tertiary/aromatic N) is 4. The number of aromatic nitrogens is 2. The molecule has 1 atom stereocenters. The molecule has 2 amide bonds. The molecule has 8 heteroatoms. The molecule has 3 aromatic rings. The highest BCUT2D eigenvalue weighted by molar-refractivity contribution is 5.96. The van der Waals surface area contributed by atoms with E-state index in [2.05, 4.69) is 20.2 Å². The Morgan fingerprint density at radius 1 is 1.03 bits per heavy atom. The zero-order chi connectivity index (χ0) is 26.1. The first-order valence-electron chi connectivity index (χ1n) is 12.8. The van der Waals surface area contributed by atoms with Crippen molar-refractivity contribution < 1.29 is 14.0 Å². The minimum Gasteiger partial charge on any atom is -0.356 e. The number of anilines is 1. The van der Waals surface area contributed by atoms with Gasteiger partial charge in [0, 0.05) is 43.5 Å². The van der Waals surface area contributed by atoms with Crippen molar-refractivity contribution in [3.05, 3.63) is 88.1 Å². The van der Waals surface area contributed by atoms with Crippen molar-refractivity contribution in [1.82, 2.24) is 20.2 Å². The fraction of sp³-hybridized carbons (Fsp3) is 0.379. The lowest BCUT2D eigenvalue weighted by Crippen LogP contribution is -2.46. The van der Waals surface area contributed by atoms with Crippen LogP contribution in [0.1, 0.15) is 68.7 Å². The van der Waals surface area contributed by atoms with Crippen LogP contribution < -0.4 is 10.2 Å². The maximum Gasteiger partial charge on any atom is 0.254 e. The number of carbonyl (C=O) groups excluding carboxylic acids is 2. The number of hydrogen-bond acceptors (Lipinski definition) is 5. The van der Waals surface area contributed by atoms with Crippen molar-refractivity contribution in [1.29, 1.82) is 0 Å². The van der Waals surface area contributed by atoms with E-state index in [4.69, 9.17) is 0 Å². The van der Waals surface area contributed by atoms with Gasteiger partial charge in [0.15, 0.2) is 0 Å². The van der Waals surface area contributed by atoms with Gasteiger partial charge >= 0.3 is 0 Å². The standard InChI is InChI=1S/C29H32FN5O2/c1-18-16-27(32-19(2)31-18)35-14-12-22(13-15-35)34(3)29(37)21-9-8-20-10-11-26(24(20)17-21)33-28(36)23-6-4-5-7-25(23)30/h4-9,16-17,22,26H,10-15H2,1-3H3,(H,33,36). The summed E-state index contributed by atoms with van der Waals surface area (Å²) < 4.78 is 14.1. The number of nitrogens with one attached hydrogen (secondary N) is 1. The molecule has 2 aromatic carbocycles. The number of hydrogen-bond donors (Lipinski definition) is 1. The van der Waals surface area contributed by atoms with Crippen LogP contribution in [0.3, 0.4) is 0 Å². The van der Waals surface area contributed by atoms with Crippen molar-refractivity contribution in [3.8, 4) is 0 Å². The van der Waals surface area contributed by atoms with Crippen molar-refractivity contribution >= 4 is 17.6 Å². The molecule has 1 saturated heterocycles. The summed E-state index contributed by atoms with van der Waals surface area (Å²) in [6.07, 6.45) is 3.25.